The molecule has 0 N–H and O–H groups in total. The van der Waals surface area contributed by atoms with Crippen molar-refractivity contribution in [1.82, 2.24) is 4.90 Å². The van der Waals surface area contributed by atoms with E-state index >= 15 is 0 Å². The monoisotopic (exact) mass is 300 g/mol. The van der Waals surface area contributed by atoms with Crippen LogP contribution in [0.3, 0.4) is 0 Å². The van der Waals surface area contributed by atoms with Crippen LogP contribution in [0.1, 0.15) is 23.9 Å². The quantitative estimate of drug-likeness (QED) is 0.643. The predicted octanol–water partition coefficient (Wildman–Crippen LogP) is 3.34. The molecule has 1 saturated heterocycles. The molecule has 1 atom stereocenters. The molecule has 6 heteroatoms. The van der Waals surface area contributed by atoms with E-state index in [4.69, 9.17) is 4.42 Å². The van der Waals surface area contributed by atoms with Gasteiger partial charge >= 0.3 is 0 Å². The van der Waals surface area contributed by atoms with E-state index in [1.807, 2.05) is 0 Å². The first-order valence-corrected chi connectivity index (χ1v) is 7.18. The second-order valence-electron chi connectivity index (χ2n) is 5.61. The summed E-state index contributed by atoms with van der Waals surface area (Å²) in [6, 6.07) is 9.44. The van der Waals surface area contributed by atoms with Gasteiger partial charge < -0.3 is 9.32 Å². The average molecular weight is 300 g/mol. The lowest BCUT2D eigenvalue weighted by Crippen LogP contribution is -2.27. The molecular formula is C16H16N2O4. The van der Waals surface area contributed by atoms with Gasteiger partial charge in [-0.3, -0.25) is 14.9 Å². The number of nitro benzene ring substituents is 1. The topological polar surface area (TPSA) is 76.6 Å². The maximum absolute atomic E-state index is 12.3. The molecule has 0 bridgehead atoms. The summed E-state index contributed by atoms with van der Waals surface area (Å²) >= 11 is 0. The lowest BCUT2D eigenvalue weighted by molar-refractivity contribution is -0.384. The third kappa shape index (κ3) is 2.72. The molecular weight excluding hydrogens is 284 g/mol. The van der Waals surface area contributed by atoms with E-state index in [0.717, 1.165) is 19.5 Å². The average Bonchev–Trinajstić information content (AvgIpc) is 3.15. The van der Waals surface area contributed by atoms with E-state index in [1.54, 1.807) is 29.2 Å². The lowest BCUT2D eigenvalue weighted by atomic mass is 10.1. The zero-order valence-electron chi connectivity index (χ0n) is 12.2. The van der Waals surface area contributed by atoms with Crippen molar-refractivity contribution in [3.8, 4) is 11.3 Å². The summed E-state index contributed by atoms with van der Waals surface area (Å²) < 4.78 is 5.62. The Morgan fingerprint density at radius 1 is 1.27 bits per heavy atom. The second kappa shape index (κ2) is 5.63. The molecule has 3 rings (SSSR count). The fourth-order valence-corrected chi connectivity index (χ4v) is 2.63. The molecule has 1 amide bonds. The minimum absolute atomic E-state index is 0.0256. The zero-order chi connectivity index (χ0) is 15.7. The van der Waals surface area contributed by atoms with Gasteiger partial charge in [-0.25, -0.2) is 0 Å². The molecule has 1 aromatic heterocycles. The molecule has 1 fully saturated rings. The van der Waals surface area contributed by atoms with E-state index in [-0.39, 0.29) is 11.6 Å². The summed E-state index contributed by atoms with van der Waals surface area (Å²) in [6.07, 6.45) is 1.02. The molecule has 1 aromatic carbocycles. The standard InChI is InChI=1S/C16H16N2O4/c1-11-8-9-17(10-11)16(19)15-7-6-14(22-15)12-2-4-13(5-3-12)18(20)21/h2-7,11H,8-10H2,1H3/t11-/m0/s1. The van der Waals surface area contributed by atoms with Crippen LogP contribution in [0.5, 0.6) is 0 Å². The van der Waals surface area contributed by atoms with Gasteiger partial charge in [-0.2, -0.15) is 0 Å². The van der Waals surface area contributed by atoms with Crippen LogP contribution in [0.4, 0.5) is 5.69 Å². The Kier molecular flexibility index (Phi) is 3.66. The number of benzene rings is 1. The zero-order valence-corrected chi connectivity index (χ0v) is 12.2. The van der Waals surface area contributed by atoms with E-state index in [9.17, 15) is 14.9 Å². The first kappa shape index (κ1) is 14.3. The van der Waals surface area contributed by atoms with Gasteiger partial charge in [0, 0.05) is 30.8 Å². The summed E-state index contributed by atoms with van der Waals surface area (Å²) in [7, 11) is 0. The summed E-state index contributed by atoms with van der Waals surface area (Å²) in [5.74, 6) is 1.26. The molecule has 1 aliphatic rings. The van der Waals surface area contributed by atoms with E-state index in [1.165, 1.54) is 12.1 Å². The number of amides is 1. The Balaban J connectivity index is 1.78. The van der Waals surface area contributed by atoms with Crippen molar-refractivity contribution in [1.29, 1.82) is 0 Å². The fraction of sp³-hybridized carbons (Fsp3) is 0.312. The van der Waals surface area contributed by atoms with Crippen molar-refractivity contribution in [3.63, 3.8) is 0 Å². The number of rotatable bonds is 3. The minimum atomic E-state index is -0.449. The van der Waals surface area contributed by atoms with Gasteiger partial charge in [0.1, 0.15) is 5.76 Å². The van der Waals surface area contributed by atoms with Crippen LogP contribution >= 0.6 is 0 Å². The summed E-state index contributed by atoms with van der Waals surface area (Å²) in [4.78, 5) is 24.3. The molecule has 22 heavy (non-hydrogen) atoms. The van der Waals surface area contributed by atoms with Crippen LogP contribution in [0.15, 0.2) is 40.8 Å². The van der Waals surface area contributed by atoms with Crippen LogP contribution < -0.4 is 0 Å². The fourth-order valence-electron chi connectivity index (χ4n) is 2.63. The number of hydrogen-bond donors (Lipinski definition) is 0. The minimum Gasteiger partial charge on any atom is -0.451 e. The maximum atomic E-state index is 12.3. The predicted molar refractivity (Wildman–Crippen MR) is 80.5 cm³/mol. The molecule has 0 spiro atoms. The van der Waals surface area contributed by atoms with Crippen LogP contribution in [0, 0.1) is 16.0 Å². The van der Waals surface area contributed by atoms with E-state index < -0.39 is 4.92 Å². The second-order valence-corrected chi connectivity index (χ2v) is 5.61. The largest absolute Gasteiger partial charge is 0.451 e. The first-order valence-electron chi connectivity index (χ1n) is 7.18. The molecule has 0 radical (unpaired) electrons. The molecule has 114 valence electrons. The number of non-ortho nitro benzene ring substituents is 1. The van der Waals surface area contributed by atoms with Gasteiger partial charge in [0.05, 0.1) is 4.92 Å². The molecule has 0 saturated carbocycles. The lowest BCUT2D eigenvalue weighted by Gasteiger charge is -2.13. The highest BCUT2D eigenvalue weighted by Gasteiger charge is 2.26. The SMILES string of the molecule is C[C@H]1CCN(C(=O)c2ccc(-c3ccc([N+](=O)[O-])cc3)o2)C1. The van der Waals surface area contributed by atoms with Crippen molar-refractivity contribution in [3.05, 3.63) is 52.3 Å². The van der Waals surface area contributed by atoms with E-state index in [2.05, 4.69) is 6.92 Å². The highest BCUT2D eigenvalue weighted by atomic mass is 16.6. The van der Waals surface area contributed by atoms with Gasteiger partial charge in [0.25, 0.3) is 11.6 Å². The van der Waals surface area contributed by atoms with Crippen LogP contribution in [0.25, 0.3) is 11.3 Å². The third-order valence-electron chi connectivity index (χ3n) is 3.89. The van der Waals surface area contributed by atoms with Crippen molar-refractivity contribution in [2.75, 3.05) is 13.1 Å². The van der Waals surface area contributed by atoms with Gasteiger partial charge in [-0.1, -0.05) is 6.92 Å². The van der Waals surface area contributed by atoms with Crippen molar-refractivity contribution in [2.45, 2.75) is 13.3 Å². The molecule has 2 aromatic rings. The van der Waals surface area contributed by atoms with Gasteiger partial charge in [-0.05, 0) is 36.6 Å². The normalized spacial score (nSPS) is 17.7. The van der Waals surface area contributed by atoms with Gasteiger partial charge in [0.15, 0.2) is 5.76 Å². The van der Waals surface area contributed by atoms with Crippen molar-refractivity contribution >= 4 is 11.6 Å². The van der Waals surface area contributed by atoms with Crippen LogP contribution in [-0.4, -0.2) is 28.8 Å². The summed E-state index contributed by atoms with van der Waals surface area (Å²) in [6.45, 7) is 3.64. The van der Waals surface area contributed by atoms with E-state index in [0.29, 0.717) is 23.0 Å². The van der Waals surface area contributed by atoms with Gasteiger partial charge in [-0.15, -0.1) is 0 Å². The number of furan rings is 1. The molecule has 6 nitrogen and oxygen atoms in total. The smallest absolute Gasteiger partial charge is 0.289 e. The first-order chi connectivity index (χ1) is 10.5. The number of hydrogen-bond acceptors (Lipinski definition) is 4. The summed E-state index contributed by atoms with van der Waals surface area (Å²) in [5.41, 5.74) is 0.733. The Morgan fingerprint density at radius 3 is 2.59 bits per heavy atom. The molecule has 2 heterocycles. The van der Waals surface area contributed by atoms with Crippen LogP contribution in [0.2, 0.25) is 0 Å². The molecule has 0 aliphatic carbocycles. The Bertz CT molecular complexity index is 705. The highest BCUT2D eigenvalue weighted by molar-refractivity contribution is 5.92. The number of nitrogens with zero attached hydrogens (tertiary/aromatic N) is 2. The number of carbonyl (C=O) groups excluding carboxylic acids is 1. The molecule has 1 aliphatic heterocycles. The van der Waals surface area contributed by atoms with Crippen LogP contribution in [-0.2, 0) is 0 Å². The third-order valence-corrected chi connectivity index (χ3v) is 3.89. The number of nitro groups is 1. The Morgan fingerprint density at radius 2 is 2.00 bits per heavy atom. The Hall–Kier alpha value is -2.63. The van der Waals surface area contributed by atoms with Crippen molar-refractivity contribution < 1.29 is 14.1 Å². The number of likely N-dealkylation sites (tertiary alicyclic amines) is 1. The van der Waals surface area contributed by atoms with Gasteiger partial charge in [0.2, 0.25) is 0 Å². The molecule has 0 unspecified atom stereocenters. The number of carbonyl (C=O) groups is 1. The van der Waals surface area contributed by atoms with Crippen molar-refractivity contribution in [2.24, 2.45) is 5.92 Å². The highest BCUT2D eigenvalue weighted by Crippen LogP contribution is 2.26. The Labute approximate surface area is 127 Å². The summed E-state index contributed by atoms with van der Waals surface area (Å²) in [5, 5.41) is 10.6. The maximum Gasteiger partial charge on any atom is 0.289 e.